The van der Waals surface area contributed by atoms with Crippen LogP contribution in [0.1, 0.15) is 18.4 Å². The molecular weight excluding hydrogens is 526 g/mol. The fourth-order valence-electron chi connectivity index (χ4n) is 4.19. The van der Waals surface area contributed by atoms with Crippen molar-refractivity contribution >= 4 is 48.7 Å². The van der Waals surface area contributed by atoms with Gasteiger partial charge in [-0.3, -0.25) is 0 Å². The Bertz CT molecular complexity index is 1220. The Hall–Kier alpha value is -1.43. The molecular formula is C23H26BrN3O4S2. The molecule has 0 amide bonds. The summed E-state index contributed by atoms with van der Waals surface area (Å²) in [7, 11) is -3.57. The summed E-state index contributed by atoms with van der Waals surface area (Å²) >= 11 is 5.14. The number of nitrogens with zero attached hydrogens (tertiary/aromatic N) is 3. The summed E-state index contributed by atoms with van der Waals surface area (Å²) in [6.07, 6.45) is 2.26. The van der Waals surface area contributed by atoms with Gasteiger partial charge in [-0.15, -0.1) is 0 Å². The number of sulfonamides is 1. The summed E-state index contributed by atoms with van der Waals surface area (Å²) in [5.41, 5.74) is 2.83. The Morgan fingerprint density at radius 3 is 2.61 bits per heavy atom. The van der Waals surface area contributed by atoms with Gasteiger partial charge >= 0.3 is 0 Å². The predicted octanol–water partition coefficient (Wildman–Crippen LogP) is 4.29. The molecule has 0 spiro atoms. The van der Waals surface area contributed by atoms with Crippen LogP contribution in [0, 0.1) is 0 Å². The van der Waals surface area contributed by atoms with Crippen molar-refractivity contribution in [1.82, 2.24) is 13.9 Å². The van der Waals surface area contributed by atoms with Gasteiger partial charge in [0.05, 0.1) is 41.8 Å². The smallest absolute Gasteiger partial charge is 0.243 e. The number of hydrogen-bond acceptors (Lipinski definition) is 6. The Balaban J connectivity index is 1.46. The highest BCUT2D eigenvalue weighted by atomic mass is 79.9. The topological polar surface area (TPSA) is 73.7 Å². The zero-order valence-corrected chi connectivity index (χ0v) is 21.4. The van der Waals surface area contributed by atoms with Gasteiger partial charge in [0, 0.05) is 29.9 Å². The largest absolute Gasteiger partial charge is 0.379 e. The van der Waals surface area contributed by atoms with E-state index in [-0.39, 0.29) is 11.0 Å². The van der Waals surface area contributed by atoms with Crippen molar-refractivity contribution in [2.45, 2.75) is 41.3 Å². The second-order valence-corrected chi connectivity index (χ2v) is 12.0. The molecule has 0 saturated carbocycles. The minimum Gasteiger partial charge on any atom is -0.379 e. The second-order valence-electron chi connectivity index (χ2n) is 8.22. The molecule has 176 valence electrons. The Morgan fingerprint density at radius 1 is 1.09 bits per heavy atom. The van der Waals surface area contributed by atoms with E-state index in [1.54, 1.807) is 23.9 Å². The number of benzene rings is 2. The quantitative estimate of drug-likeness (QED) is 0.408. The first-order valence-electron chi connectivity index (χ1n) is 11.1. The maximum absolute atomic E-state index is 13.1. The van der Waals surface area contributed by atoms with E-state index in [1.807, 2.05) is 18.2 Å². The molecule has 33 heavy (non-hydrogen) atoms. The molecule has 10 heteroatoms. The fraction of sp³-hybridized carbons (Fsp3) is 0.435. The molecule has 1 aromatic heterocycles. The molecule has 2 fully saturated rings. The van der Waals surface area contributed by atoms with Crippen molar-refractivity contribution in [1.29, 1.82) is 0 Å². The van der Waals surface area contributed by atoms with Crippen LogP contribution in [0.4, 0.5) is 0 Å². The Kier molecular flexibility index (Phi) is 7.10. The van der Waals surface area contributed by atoms with Crippen molar-refractivity contribution < 1.29 is 17.9 Å². The highest BCUT2D eigenvalue weighted by molar-refractivity contribution is 9.10. The third-order valence-electron chi connectivity index (χ3n) is 5.98. The molecule has 7 nitrogen and oxygen atoms in total. The predicted molar refractivity (Wildman–Crippen MR) is 132 cm³/mol. The maximum atomic E-state index is 13.1. The average Bonchev–Trinajstić information content (AvgIpc) is 3.47. The van der Waals surface area contributed by atoms with Crippen LogP contribution in [0.5, 0.6) is 0 Å². The lowest BCUT2D eigenvalue weighted by molar-refractivity contribution is 0.0730. The summed E-state index contributed by atoms with van der Waals surface area (Å²) in [5.74, 6) is 0.779. The van der Waals surface area contributed by atoms with E-state index in [1.165, 1.54) is 9.87 Å². The standard InChI is InChI=1S/C23H26BrN3O4S2/c24-18-5-3-17(4-6-18)16-32-23-25-21-14-20(33(28,29)26-9-12-30-13-10-26)7-8-22(21)27(23)15-19-2-1-11-31-19/h3-8,14,19H,1-2,9-13,15-16H2/t19-/m0/s1. The number of halogens is 1. The summed E-state index contributed by atoms with van der Waals surface area (Å²) in [6, 6.07) is 13.5. The summed E-state index contributed by atoms with van der Waals surface area (Å²) in [6.45, 7) is 3.11. The van der Waals surface area contributed by atoms with Gasteiger partial charge < -0.3 is 14.0 Å². The fourth-order valence-corrected chi connectivity index (χ4v) is 6.86. The van der Waals surface area contributed by atoms with Gasteiger partial charge in [-0.05, 0) is 48.7 Å². The number of imidazole rings is 1. The van der Waals surface area contributed by atoms with Crippen molar-refractivity contribution in [2.75, 3.05) is 32.9 Å². The lowest BCUT2D eigenvalue weighted by atomic mass is 10.2. The van der Waals surface area contributed by atoms with Crippen LogP contribution >= 0.6 is 27.7 Å². The normalized spacial score (nSPS) is 20.0. The molecule has 5 rings (SSSR count). The van der Waals surface area contributed by atoms with Gasteiger partial charge in [0.2, 0.25) is 10.0 Å². The number of morpholine rings is 1. The van der Waals surface area contributed by atoms with Gasteiger partial charge in [-0.1, -0.05) is 39.8 Å². The SMILES string of the molecule is O=S(=O)(c1ccc2c(c1)nc(SCc1ccc(Br)cc1)n2C[C@@H]1CCCO1)N1CCOCC1. The molecule has 3 heterocycles. The van der Waals surface area contributed by atoms with E-state index in [0.717, 1.165) is 40.3 Å². The molecule has 2 saturated heterocycles. The van der Waals surface area contributed by atoms with E-state index in [2.05, 4.69) is 32.6 Å². The van der Waals surface area contributed by atoms with Gasteiger partial charge in [-0.2, -0.15) is 4.31 Å². The number of thioether (sulfide) groups is 1. The van der Waals surface area contributed by atoms with Gasteiger partial charge in [0.15, 0.2) is 5.16 Å². The molecule has 0 aliphatic carbocycles. The van der Waals surface area contributed by atoms with Crippen LogP contribution in [0.15, 0.2) is 57.0 Å². The second kappa shape index (κ2) is 10.1. The summed E-state index contributed by atoms with van der Waals surface area (Å²) < 4.78 is 42.2. The van der Waals surface area contributed by atoms with Gasteiger partial charge in [0.25, 0.3) is 0 Å². The van der Waals surface area contributed by atoms with Crippen molar-refractivity contribution in [2.24, 2.45) is 0 Å². The monoisotopic (exact) mass is 551 g/mol. The van der Waals surface area contributed by atoms with Crippen molar-refractivity contribution in [3.8, 4) is 0 Å². The first-order valence-corrected chi connectivity index (χ1v) is 14.3. The van der Waals surface area contributed by atoms with Gasteiger partial charge in [0.1, 0.15) is 0 Å². The van der Waals surface area contributed by atoms with E-state index in [4.69, 9.17) is 14.5 Å². The molecule has 2 aliphatic heterocycles. The number of ether oxygens (including phenoxy) is 2. The van der Waals surface area contributed by atoms with Crippen molar-refractivity contribution in [3.63, 3.8) is 0 Å². The third-order valence-corrected chi connectivity index (χ3v) is 9.45. The van der Waals surface area contributed by atoms with E-state index in [9.17, 15) is 8.42 Å². The van der Waals surface area contributed by atoms with Gasteiger partial charge in [-0.25, -0.2) is 13.4 Å². The van der Waals surface area contributed by atoms with Crippen LogP contribution in [-0.4, -0.2) is 61.3 Å². The van der Waals surface area contributed by atoms with Crippen molar-refractivity contribution in [3.05, 3.63) is 52.5 Å². The molecule has 1 atom stereocenters. The third kappa shape index (κ3) is 5.16. The Labute approximate surface area is 206 Å². The van der Waals surface area contributed by atoms with Crippen LogP contribution in [0.2, 0.25) is 0 Å². The molecule has 0 N–H and O–H groups in total. The zero-order chi connectivity index (χ0) is 22.8. The first-order chi connectivity index (χ1) is 16.0. The number of fused-ring (bicyclic) bond motifs is 1. The highest BCUT2D eigenvalue weighted by Crippen LogP contribution is 2.31. The molecule has 2 aliphatic rings. The number of rotatable bonds is 7. The molecule has 0 unspecified atom stereocenters. The summed E-state index contributed by atoms with van der Waals surface area (Å²) in [4.78, 5) is 5.14. The lowest BCUT2D eigenvalue weighted by Crippen LogP contribution is -2.40. The molecule has 0 bridgehead atoms. The molecule has 2 aromatic carbocycles. The first kappa shape index (κ1) is 23.3. The van der Waals surface area contributed by atoms with Crippen LogP contribution in [0.25, 0.3) is 11.0 Å². The molecule has 3 aromatic rings. The summed E-state index contributed by atoms with van der Waals surface area (Å²) in [5, 5.41) is 0.879. The van der Waals surface area contributed by atoms with E-state index in [0.29, 0.717) is 38.4 Å². The maximum Gasteiger partial charge on any atom is 0.243 e. The average molecular weight is 553 g/mol. The van der Waals surface area contributed by atoms with E-state index < -0.39 is 10.0 Å². The minimum atomic E-state index is -3.57. The van der Waals surface area contributed by atoms with Crippen LogP contribution in [-0.2, 0) is 31.8 Å². The minimum absolute atomic E-state index is 0.159. The number of aromatic nitrogens is 2. The number of hydrogen-bond donors (Lipinski definition) is 0. The lowest BCUT2D eigenvalue weighted by Gasteiger charge is -2.26. The molecule has 0 radical (unpaired) electrons. The van der Waals surface area contributed by atoms with E-state index >= 15 is 0 Å². The van der Waals surface area contributed by atoms with Crippen LogP contribution < -0.4 is 0 Å². The zero-order valence-electron chi connectivity index (χ0n) is 18.2. The van der Waals surface area contributed by atoms with Crippen LogP contribution in [0.3, 0.4) is 0 Å². The Morgan fingerprint density at radius 2 is 1.88 bits per heavy atom. The highest BCUT2D eigenvalue weighted by Gasteiger charge is 2.27.